The maximum absolute atomic E-state index is 5.26. The summed E-state index contributed by atoms with van der Waals surface area (Å²) in [6, 6.07) is 2.13. The number of rotatable bonds is 4. The van der Waals surface area contributed by atoms with Crippen LogP contribution in [-0.4, -0.2) is 23.6 Å². The van der Waals surface area contributed by atoms with Gasteiger partial charge < -0.3 is 10.2 Å². The highest BCUT2D eigenvalue weighted by molar-refractivity contribution is 9.10. The van der Waals surface area contributed by atoms with Gasteiger partial charge >= 0.3 is 0 Å². The first-order valence-electron chi connectivity index (χ1n) is 4.85. The standard InChI is InChI=1S/C10H15BrN2S2/c1-3-4-12-10(14)13(2)6-9-5-8(11)7-15-9/h5,7H,3-4,6H2,1-2H3,(H,12,14). The van der Waals surface area contributed by atoms with Crippen LogP contribution in [0, 0.1) is 0 Å². The molecule has 0 unspecified atom stereocenters. The zero-order chi connectivity index (χ0) is 11.3. The quantitative estimate of drug-likeness (QED) is 0.860. The van der Waals surface area contributed by atoms with E-state index in [1.54, 1.807) is 11.3 Å². The molecule has 0 fully saturated rings. The molecular weight excluding hydrogens is 292 g/mol. The first-order valence-corrected chi connectivity index (χ1v) is 6.93. The lowest BCUT2D eigenvalue weighted by molar-refractivity contribution is 0.493. The highest BCUT2D eigenvalue weighted by Gasteiger charge is 2.05. The van der Waals surface area contributed by atoms with Crippen LogP contribution in [0.25, 0.3) is 0 Å². The van der Waals surface area contributed by atoms with Gasteiger partial charge in [0.15, 0.2) is 5.11 Å². The normalized spacial score (nSPS) is 10.1. The minimum atomic E-state index is 0.821. The van der Waals surface area contributed by atoms with Gasteiger partial charge in [-0.2, -0.15) is 0 Å². The molecule has 0 atom stereocenters. The van der Waals surface area contributed by atoms with E-state index in [9.17, 15) is 0 Å². The number of hydrogen-bond acceptors (Lipinski definition) is 2. The maximum Gasteiger partial charge on any atom is 0.169 e. The number of hydrogen-bond donors (Lipinski definition) is 1. The van der Waals surface area contributed by atoms with E-state index in [0.29, 0.717) is 0 Å². The molecule has 2 nitrogen and oxygen atoms in total. The molecule has 0 saturated heterocycles. The number of halogens is 1. The maximum atomic E-state index is 5.26. The van der Waals surface area contributed by atoms with Crippen LogP contribution in [0.3, 0.4) is 0 Å². The van der Waals surface area contributed by atoms with Crippen molar-refractivity contribution < 1.29 is 0 Å². The van der Waals surface area contributed by atoms with E-state index < -0.39 is 0 Å². The fourth-order valence-corrected chi connectivity index (χ4v) is 2.78. The fraction of sp³-hybridized carbons (Fsp3) is 0.500. The van der Waals surface area contributed by atoms with Gasteiger partial charge in [-0.15, -0.1) is 11.3 Å². The van der Waals surface area contributed by atoms with Crippen LogP contribution >= 0.6 is 39.5 Å². The Morgan fingerprint density at radius 2 is 2.40 bits per heavy atom. The van der Waals surface area contributed by atoms with Gasteiger partial charge in [0.05, 0.1) is 6.54 Å². The largest absolute Gasteiger partial charge is 0.363 e. The van der Waals surface area contributed by atoms with Gasteiger partial charge in [-0.1, -0.05) is 6.92 Å². The Morgan fingerprint density at radius 1 is 1.67 bits per heavy atom. The van der Waals surface area contributed by atoms with Crippen LogP contribution in [0.4, 0.5) is 0 Å². The van der Waals surface area contributed by atoms with Crippen LogP contribution in [0.2, 0.25) is 0 Å². The van der Waals surface area contributed by atoms with E-state index in [1.807, 2.05) is 7.05 Å². The van der Waals surface area contributed by atoms with Crippen molar-refractivity contribution in [2.75, 3.05) is 13.6 Å². The zero-order valence-electron chi connectivity index (χ0n) is 8.92. The predicted molar refractivity (Wildman–Crippen MR) is 74.4 cm³/mol. The molecule has 1 heterocycles. The fourth-order valence-electron chi connectivity index (χ4n) is 1.11. The van der Waals surface area contributed by atoms with Gasteiger partial charge in [0.2, 0.25) is 0 Å². The van der Waals surface area contributed by atoms with Crippen LogP contribution in [0.15, 0.2) is 15.9 Å². The molecule has 0 bridgehead atoms. The summed E-state index contributed by atoms with van der Waals surface area (Å²) in [5.74, 6) is 0. The molecule has 1 aromatic rings. The monoisotopic (exact) mass is 306 g/mol. The average Bonchev–Trinajstić information content (AvgIpc) is 2.60. The van der Waals surface area contributed by atoms with Gasteiger partial charge in [0.25, 0.3) is 0 Å². The lowest BCUT2D eigenvalue weighted by Gasteiger charge is -2.19. The highest BCUT2D eigenvalue weighted by Crippen LogP contribution is 2.20. The third kappa shape index (κ3) is 4.49. The SMILES string of the molecule is CCCNC(=S)N(C)Cc1cc(Br)cs1. The van der Waals surface area contributed by atoms with Gasteiger partial charge in [-0.05, 0) is 40.6 Å². The van der Waals surface area contributed by atoms with E-state index in [1.165, 1.54) is 4.88 Å². The van der Waals surface area contributed by atoms with Crippen LogP contribution in [0.5, 0.6) is 0 Å². The Morgan fingerprint density at radius 3 is 2.93 bits per heavy atom. The summed E-state index contributed by atoms with van der Waals surface area (Å²) in [5.41, 5.74) is 0. The molecular formula is C10H15BrN2S2. The highest BCUT2D eigenvalue weighted by atomic mass is 79.9. The molecule has 0 radical (unpaired) electrons. The van der Waals surface area contributed by atoms with Crippen LogP contribution in [-0.2, 0) is 6.54 Å². The minimum absolute atomic E-state index is 0.821. The summed E-state index contributed by atoms with van der Waals surface area (Å²) in [7, 11) is 2.01. The summed E-state index contributed by atoms with van der Waals surface area (Å²) in [6.07, 6.45) is 1.10. The Labute approximate surface area is 109 Å². The summed E-state index contributed by atoms with van der Waals surface area (Å²) in [5, 5.41) is 6.12. The summed E-state index contributed by atoms with van der Waals surface area (Å²) < 4.78 is 1.14. The van der Waals surface area contributed by atoms with Crippen LogP contribution in [0.1, 0.15) is 18.2 Å². The molecule has 5 heteroatoms. The minimum Gasteiger partial charge on any atom is -0.363 e. The van der Waals surface area contributed by atoms with Crippen molar-refractivity contribution in [2.45, 2.75) is 19.9 Å². The average molecular weight is 307 g/mol. The lowest BCUT2D eigenvalue weighted by atomic mass is 10.4. The van der Waals surface area contributed by atoms with Crippen molar-refractivity contribution in [3.05, 3.63) is 20.8 Å². The van der Waals surface area contributed by atoms with Gasteiger partial charge in [-0.25, -0.2) is 0 Å². The predicted octanol–water partition coefficient (Wildman–Crippen LogP) is 3.23. The van der Waals surface area contributed by atoms with Crippen molar-refractivity contribution in [1.29, 1.82) is 0 Å². The lowest BCUT2D eigenvalue weighted by Crippen LogP contribution is -2.36. The number of thiocarbonyl (C=S) groups is 1. The summed E-state index contributed by atoms with van der Waals surface area (Å²) in [4.78, 5) is 3.37. The van der Waals surface area contributed by atoms with Crippen molar-refractivity contribution in [3.63, 3.8) is 0 Å². The Bertz CT molecular complexity index is 325. The molecule has 0 aromatic carbocycles. The van der Waals surface area contributed by atoms with Crippen LogP contribution < -0.4 is 5.32 Å². The second-order valence-corrected chi connectivity index (χ2v) is 5.62. The molecule has 0 aliphatic carbocycles. The first kappa shape index (κ1) is 12.9. The third-order valence-corrected chi connectivity index (χ3v) is 4.03. The van der Waals surface area contributed by atoms with E-state index in [4.69, 9.17) is 12.2 Å². The van der Waals surface area contributed by atoms with Gasteiger partial charge in [0.1, 0.15) is 0 Å². The number of nitrogens with one attached hydrogen (secondary N) is 1. The summed E-state index contributed by atoms with van der Waals surface area (Å²) in [6.45, 7) is 3.94. The molecule has 0 spiro atoms. The van der Waals surface area contributed by atoms with E-state index in [0.717, 1.165) is 29.1 Å². The Hall–Kier alpha value is -0.130. The topological polar surface area (TPSA) is 15.3 Å². The number of thiophene rings is 1. The molecule has 0 saturated carbocycles. The third-order valence-electron chi connectivity index (χ3n) is 1.89. The smallest absolute Gasteiger partial charge is 0.169 e. The van der Waals surface area contributed by atoms with Crippen molar-refractivity contribution in [3.8, 4) is 0 Å². The molecule has 1 N–H and O–H groups in total. The zero-order valence-corrected chi connectivity index (χ0v) is 12.1. The van der Waals surface area contributed by atoms with E-state index >= 15 is 0 Å². The van der Waals surface area contributed by atoms with Gasteiger partial charge in [0, 0.05) is 28.3 Å². The molecule has 0 aliphatic rings. The van der Waals surface area contributed by atoms with Gasteiger partial charge in [-0.3, -0.25) is 0 Å². The molecule has 1 aromatic heterocycles. The molecule has 84 valence electrons. The Kier molecular flexibility index (Phi) is 5.56. The molecule has 15 heavy (non-hydrogen) atoms. The second kappa shape index (κ2) is 6.45. The molecule has 1 rings (SSSR count). The first-order chi connectivity index (χ1) is 7.13. The van der Waals surface area contributed by atoms with Crippen molar-refractivity contribution in [2.24, 2.45) is 0 Å². The van der Waals surface area contributed by atoms with Crippen molar-refractivity contribution >= 4 is 44.6 Å². The summed E-state index contributed by atoms with van der Waals surface area (Å²) >= 11 is 10.4. The van der Waals surface area contributed by atoms with Crippen molar-refractivity contribution in [1.82, 2.24) is 10.2 Å². The second-order valence-electron chi connectivity index (χ2n) is 3.32. The molecule has 0 amide bonds. The Balaban J connectivity index is 2.41. The van der Waals surface area contributed by atoms with E-state index in [-0.39, 0.29) is 0 Å². The molecule has 0 aliphatic heterocycles. The number of nitrogens with zero attached hydrogens (tertiary/aromatic N) is 1. The van der Waals surface area contributed by atoms with E-state index in [2.05, 4.69) is 44.5 Å².